The van der Waals surface area contributed by atoms with Crippen LogP contribution in [0.4, 0.5) is 0 Å². The van der Waals surface area contributed by atoms with Crippen molar-refractivity contribution in [2.75, 3.05) is 13.1 Å². The number of rotatable bonds is 4. The molecule has 0 saturated heterocycles. The van der Waals surface area contributed by atoms with Crippen LogP contribution in [0.15, 0.2) is 17.4 Å². The average molecular weight is 374 g/mol. The molecule has 2 N–H and O–H groups in total. The second-order valence-electron chi connectivity index (χ2n) is 5.67. The Bertz CT molecular complexity index is 463. The lowest BCUT2D eigenvalue weighted by molar-refractivity contribution is 0.376. The van der Waals surface area contributed by atoms with Crippen molar-refractivity contribution in [3.8, 4) is 0 Å². The summed E-state index contributed by atoms with van der Waals surface area (Å²) in [6, 6.07) is 0.575. The van der Waals surface area contributed by atoms with E-state index >= 15 is 0 Å². The van der Waals surface area contributed by atoms with Gasteiger partial charge in [-0.05, 0) is 31.6 Å². The van der Waals surface area contributed by atoms with Crippen LogP contribution in [-0.4, -0.2) is 40.1 Å². The summed E-state index contributed by atoms with van der Waals surface area (Å²) in [6.07, 6.45) is 8.51. The van der Waals surface area contributed by atoms with E-state index in [1.54, 1.807) is 12.4 Å². The Labute approximate surface area is 129 Å². The summed E-state index contributed by atoms with van der Waals surface area (Å²) in [5, 5.41) is 15.4. The molecule has 0 bridgehead atoms. The Kier molecular flexibility index (Phi) is 3.40. The molecule has 4 rings (SSSR count). The highest BCUT2D eigenvalue weighted by molar-refractivity contribution is 14.0. The van der Waals surface area contributed by atoms with Crippen molar-refractivity contribution < 1.29 is 0 Å². The molecule has 19 heavy (non-hydrogen) atoms. The zero-order valence-corrected chi connectivity index (χ0v) is 13.1. The van der Waals surface area contributed by atoms with Crippen molar-refractivity contribution in [1.82, 2.24) is 25.6 Å². The first-order chi connectivity index (χ1) is 8.86. The Balaban J connectivity index is 0.00000110. The van der Waals surface area contributed by atoms with Crippen LogP contribution in [0.1, 0.15) is 25.7 Å². The van der Waals surface area contributed by atoms with Gasteiger partial charge in [0.1, 0.15) is 0 Å². The van der Waals surface area contributed by atoms with E-state index in [0.717, 1.165) is 37.8 Å². The highest BCUT2D eigenvalue weighted by Gasteiger charge is 2.47. The molecule has 1 aromatic heterocycles. The maximum atomic E-state index is 4.53. The lowest BCUT2D eigenvalue weighted by Crippen LogP contribution is -2.44. The monoisotopic (exact) mass is 374 g/mol. The summed E-state index contributed by atoms with van der Waals surface area (Å²) in [6.45, 7) is 1.80. The zero-order chi connectivity index (χ0) is 12.0. The minimum absolute atomic E-state index is 0. The van der Waals surface area contributed by atoms with Crippen LogP contribution >= 0.6 is 24.0 Å². The van der Waals surface area contributed by atoms with Gasteiger partial charge in [-0.1, -0.05) is 0 Å². The van der Waals surface area contributed by atoms with E-state index in [0.29, 0.717) is 6.04 Å². The number of hydrogen-bond donors (Lipinski definition) is 2. The van der Waals surface area contributed by atoms with E-state index in [1.807, 2.05) is 4.80 Å². The molecule has 0 radical (unpaired) electrons. The lowest BCUT2D eigenvalue weighted by Gasteiger charge is -2.17. The number of halogens is 1. The number of aliphatic imine (C=N–C) groups is 1. The van der Waals surface area contributed by atoms with E-state index in [1.165, 1.54) is 12.8 Å². The molecular weight excluding hydrogens is 355 g/mol. The molecule has 0 aromatic carbocycles. The third-order valence-corrected chi connectivity index (χ3v) is 4.21. The Hall–Kier alpha value is -0.860. The molecule has 104 valence electrons. The molecule has 6 nitrogen and oxygen atoms in total. The molecule has 1 aromatic rings. The Morgan fingerprint density at radius 3 is 2.68 bits per heavy atom. The Morgan fingerprint density at radius 1 is 1.32 bits per heavy atom. The van der Waals surface area contributed by atoms with Gasteiger partial charge in [0.05, 0.1) is 30.5 Å². The first kappa shape index (κ1) is 13.1. The number of hydrogen-bond acceptors (Lipinski definition) is 5. The van der Waals surface area contributed by atoms with Crippen LogP contribution in [0.25, 0.3) is 0 Å². The van der Waals surface area contributed by atoms with Gasteiger partial charge >= 0.3 is 0 Å². The van der Waals surface area contributed by atoms with Crippen molar-refractivity contribution in [2.45, 2.75) is 37.3 Å². The predicted molar refractivity (Wildman–Crippen MR) is 82.6 cm³/mol. The van der Waals surface area contributed by atoms with Crippen molar-refractivity contribution in [3.63, 3.8) is 0 Å². The maximum Gasteiger partial charge on any atom is 0.191 e. The zero-order valence-electron chi connectivity index (χ0n) is 10.7. The van der Waals surface area contributed by atoms with Crippen molar-refractivity contribution in [1.29, 1.82) is 0 Å². The van der Waals surface area contributed by atoms with Crippen LogP contribution in [0.2, 0.25) is 0 Å². The number of aromatic nitrogens is 3. The standard InChI is InChI=1S/C12H18N6.HI/c1-2-9(1)10-7-13-11(17-10)14-8-12(3-4-12)18-15-5-6-16-18;/h5-6,9-10H,1-4,7-8H2,(H2,13,14,17);1H. The number of guanidine groups is 1. The molecule has 3 aliphatic rings. The SMILES string of the molecule is I.c1cnn(C2(CNC3=NCC(C4CC4)N3)CC2)n1. The van der Waals surface area contributed by atoms with Gasteiger partial charge in [-0.15, -0.1) is 24.0 Å². The fraction of sp³-hybridized carbons (Fsp3) is 0.750. The third-order valence-electron chi connectivity index (χ3n) is 4.21. The molecular formula is C12H19IN6. The number of nitrogens with one attached hydrogen (secondary N) is 2. The minimum atomic E-state index is 0. The van der Waals surface area contributed by atoms with Gasteiger partial charge in [0.25, 0.3) is 0 Å². The summed E-state index contributed by atoms with van der Waals surface area (Å²) >= 11 is 0. The largest absolute Gasteiger partial charge is 0.354 e. The van der Waals surface area contributed by atoms with Gasteiger partial charge in [-0.3, -0.25) is 4.99 Å². The van der Waals surface area contributed by atoms with Crippen molar-refractivity contribution >= 4 is 29.9 Å². The highest BCUT2D eigenvalue weighted by Crippen LogP contribution is 2.41. The molecule has 1 aliphatic heterocycles. The highest BCUT2D eigenvalue weighted by atomic mass is 127. The average Bonchev–Trinajstić information content (AvgIpc) is 3.29. The van der Waals surface area contributed by atoms with Crippen LogP contribution in [-0.2, 0) is 5.54 Å². The summed E-state index contributed by atoms with van der Waals surface area (Å²) in [4.78, 5) is 6.38. The molecule has 2 fully saturated rings. The molecule has 2 saturated carbocycles. The summed E-state index contributed by atoms with van der Waals surface area (Å²) in [5.41, 5.74) is 0.0887. The third kappa shape index (κ3) is 2.56. The van der Waals surface area contributed by atoms with Gasteiger partial charge in [0, 0.05) is 6.54 Å². The van der Waals surface area contributed by atoms with E-state index in [-0.39, 0.29) is 29.5 Å². The number of nitrogens with zero attached hydrogens (tertiary/aromatic N) is 4. The van der Waals surface area contributed by atoms with Gasteiger partial charge in [-0.2, -0.15) is 15.0 Å². The summed E-state index contributed by atoms with van der Waals surface area (Å²) < 4.78 is 0. The fourth-order valence-electron chi connectivity index (χ4n) is 2.63. The van der Waals surface area contributed by atoms with Crippen molar-refractivity contribution in [3.05, 3.63) is 12.4 Å². The first-order valence-electron chi connectivity index (χ1n) is 6.77. The van der Waals surface area contributed by atoms with Crippen LogP contribution in [0, 0.1) is 5.92 Å². The molecule has 2 aliphatic carbocycles. The molecule has 7 heteroatoms. The normalized spacial score (nSPS) is 27.2. The van der Waals surface area contributed by atoms with E-state index in [2.05, 4.69) is 25.8 Å². The second kappa shape index (κ2) is 4.92. The smallest absolute Gasteiger partial charge is 0.191 e. The van der Waals surface area contributed by atoms with Gasteiger partial charge in [-0.25, -0.2) is 0 Å². The maximum absolute atomic E-state index is 4.53. The van der Waals surface area contributed by atoms with Crippen LogP contribution in [0.5, 0.6) is 0 Å². The molecule has 2 heterocycles. The van der Waals surface area contributed by atoms with Gasteiger partial charge < -0.3 is 10.6 Å². The summed E-state index contributed by atoms with van der Waals surface area (Å²) in [5.74, 6) is 1.82. The second-order valence-corrected chi connectivity index (χ2v) is 5.67. The fourth-order valence-corrected chi connectivity index (χ4v) is 2.63. The first-order valence-corrected chi connectivity index (χ1v) is 6.77. The molecule has 0 spiro atoms. The predicted octanol–water partition coefficient (Wildman–Crippen LogP) is 0.713. The van der Waals surface area contributed by atoms with E-state index in [9.17, 15) is 0 Å². The van der Waals surface area contributed by atoms with Gasteiger partial charge in [0.2, 0.25) is 0 Å². The van der Waals surface area contributed by atoms with Crippen LogP contribution < -0.4 is 10.6 Å². The molecule has 1 unspecified atom stereocenters. The Morgan fingerprint density at radius 2 is 2.05 bits per heavy atom. The lowest BCUT2D eigenvalue weighted by atomic mass is 10.2. The van der Waals surface area contributed by atoms with E-state index < -0.39 is 0 Å². The van der Waals surface area contributed by atoms with E-state index in [4.69, 9.17) is 0 Å². The summed E-state index contributed by atoms with van der Waals surface area (Å²) in [7, 11) is 0. The quantitative estimate of drug-likeness (QED) is 0.762. The minimum Gasteiger partial charge on any atom is -0.354 e. The van der Waals surface area contributed by atoms with Crippen LogP contribution in [0.3, 0.4) is 0 Å². The molecule has 0 amide bonds. The molecule has 1 atom stereocenters. The topological polar surface area (TPSA) is 67.1 Å². The van der Waals surface area contributed by atoms with Gasteiger partial charge in [0.15, 0.2) is 5.96 Å². The van der Waals surface area contributed by atoms with Crippen molar-refractivity contribution in [2.24, 2.45) is 10.9 Å².